The molecule has 1 aromatic rings. The molecule has 0 saturated heterocycles. The lowest BCUT2D eigenvalue weighted by Gasteiger charge is -2.12. The molecule has 0 bridgehead atoms. The zero-order valence-electron chi connectivity index (χ0n) is 11.7. The third-order valence-corrected chi connectivity index (χ3v) is 2.58. The van der Waals surface area contributed by atoms with Gasteiger partial charge in [0.2, 0.25) is 0 Å². The predicted molar refractivity (Wildman–Crippen MR) is 73.2 cm³/mol. The van der Waals surface area contributed by atoms with E-state index in [1.54, 1.807) is 12.3 Å². The van der Waals surface area contributed by atoms with Gasteiger partial charge in [-0.3, -0.25) is 9.78 Å². The summed E-state index contributed by atoms with van der Waals surface area (Å²) < 4.78 is 5.49. The number of aliphatic hydroxyl groups excluding tert-OH is 1. The van der Waals surface area contributed by atoms with E-state index in [4.69, 9.17) is 9.84 Å². The van der Waals surface area contributed by atoms with E-state index in [0.29, 0.717) is 24.3 Å². The third kappa shape index (κ3) is 5.70. The van der Waals surface area contributed by atoms with Gasteiger partial charge in [-0.1, -0.05) is 6.92 Å². The fraction of sp³-hybridized carbons (Fsp3) is 0.571. The molecule has 0 spiro atoms. The number of nitrogens with zero attached hydrogens (tertiary/aromatic N) is 1. The number of rotatable bonds is 7. The van der Waals surface area contributed by atoms with Crippen LogP contribution in [0.15, 0.2) is 18.5 Å². The zero-order valence-corrected chi connectivity index (χ0v) is 11.7. The number of hydrogen-bond acceptors (Lipinski definition) is 4. The van der Waals surface area contributed by atoms with Gasteiger partial charge in [0.05, 0.1) is 17.9 Å². The second-order valence-corrected chi connectivity index (χ2v) is 4.90. The van der Waals surface area contributed by atoms with Crippen LogP contribution in [0.1, 0.15) is 37.6 Å². The third-order valence-electron chi connectivity index (χ3n) is 2.58. The molecule has 19 heavy (non-hydrogen) atoms. The van der Waals surface area contributed by atoms with E-state index in [-0.39, 0.29) is 24.5 Å². The number of aliphatic hydroxyl groups is 1. The minimum Gasteiger partial charge on any atom is -0.489 e. The Kier molecular flexibility index (Phi) is 6.29. The van der Waals surface area contributed by atoms with E-state index in [9.17, 15) is 4.79 Å². The Morgan fingerprint density at radius 3 is 2.79 bits per heavy atom. The highest BCUT2D eigenvalue weighted by Gasteiger charge is 2.09. The van der Waals surface area contributed by atoms with Gasteiger partial charge in [-0.2, -0.15) is 0 Å². The molecule has 1 aromatic heterocycles. The lowest BCUT2D eigenvalue weighted by atomic mass is 10.1. The highest BCUT2D eigenvalue weighted by molar-refractivity contribution is 5.94. The van der Waals surface area contributed by atoms with Crippen molar-refractivity contribution in [3.05, 3.63) is 24.0 Å². The van der Waals surface area contributed by atoms with Gasteiger partial charge in [0, 0.05) is 19.3 Å². The van der Waals surface area contributed by atoms with E-state index in [0.717, 1.165) is 0 Å². The average Bonchev–Trinajstić information content (AvgIpc) is 2.36. The van der Waals surface area contributed by atoms with Crippen LogP contribution in [0.5, 0.6) is 5.75 Å². The summed E-state index contributed by atoms with van der Waals surface area (Å²) in [4.78, 5) is 15.9. The Labute approximate surface area is 114 Å². The van der Waals surface area contributed by atoms with Crippen molar-refractivity contribution in [1.82, 2.24) is 10.3 Å². The highest BCUT2D eigenvalue weighted by atomic mass is 16.5. The molecule has 5 heteroatoms. The Morgan fingerprint density at radius 1 is 1.42 bits per heavy atom. The standard InChI is InChI=1S/C14H22N2O3/c1-10(2)19-13-6-12(8-15-9-13)14(18)16-7-11(3)4-5-17/h6,8-11,17H,4-5,7H2,1-3H3,(H,16,18). The van der Waals surface area contributed by atoms with E-state index in [2.05, 4.69) is 10.3 Å². The van der Waals surface area contributed by atoms with E-state index in [1.807, 2.05) is 20.8 Å². The lowest BCUT2D eigenvalue weighted by Crippen LogP contribution is -2.28. The number of amides is 1. The first-order valence-corrected chi connectivity index (χ1v) is 6.53. The first-order valence-electron chi connectivity index (χ1n) is 6.53. The van der Waals surface area contributed by atoms with Gasteiger partial charge in [-0.25, -0.2) is 0 Å². The quantitative estimate of drug-likeness (QED) is 0.786. The Morgan fingerprint density at radius 2 is 2.16 bits per heavy atom. The van der Waals surface area contributed by atoms with E-state index in [1.165, 1.54) is 6.20 Å². The summed E-state index contributed by atoms with van der Waals surface area (Å²) in [5, 5.41) is 11.6. The van der Waals surface area contributed by atoms with Crippen LogP contribution in [-0.2, 0) is 0 Å². The number of carbonyl (C=O) groups excluding carboxylic acids is 1. The van der Waals surface area contributed by atoms with Crippen LogP contribution in [-0.4, -0.2) is 35.3 Å². The van der Waals surface area contributed by atoms with Crippen molar-refractivity contribution in [2.24, 2.45) is 5.92 Å². The first kappa shape index (κ1) is 15.4. The van der Waals surface area contributed by atoms with Gasteiger partial charge in [-0.05, 0) is 32.3 Å². The van der Waals surface area contributed by atoms with Gasteiger partial charge in [-0.15, -0.1) is 0 Å². The van der Waals surface area contributed by atoms with Crippen LogP contribution in [0.25, 0.3) is 0 Å². The molecule has 0 aliphatic carbocycles. The van der Waals surface area contributed by atoms with Gasteiger partial charge in [0.15, 0.2) is 0 Å². The van der Waals surface area contributed by atoms with Crippen molar-refractivity contribution < 1.29 is 14.6 Å². The summed E-state index contributed by atoms with van der Waals surface area (Å²) in [6, 6.07) is 1.68. The maximum atomic E-state index is 11.9. The number of ether oxygens (including phenoxy) is 1. The normalized spacial score (nSPS) is 12.3. The summed E-state index contributed by atoms with van der Waals surface area (Å²) in [6.45, 7) is 6.49. The second-order valence-electron chi connectivity index (χ2n) is 4.90. The first-order chi connectivity index (χ1) is 9.02. The van der Waals surface area contributed by atoms with Crippen LogP contribution in [0.3, 0.4) is 0 Å². The molecule has 5 nitrogen and oxygen atoms in total. The van der Waals surface area contributed by atoms with Crippen molar-refractivity contribution in [1.29, 1.82) is 0 Å². The number of nitrogens with one attached hydrogen (secondary N) is 1. The molecule has 1 atom stereocenters. The van der Waals surface area contributed by atoms with Crippen LogP contribution in [0, 0.1) is 5.92 Å². The van der Waals surface area contributed by atoms with Gasteiger partial charge in [0.1, 0.15) is 5.75 Å². The number of pyridine rings is 1. The van der Waals surface area contributed by atoms with Crippen LogP contribution >= 0.6 is 0 Å². The maximum absolute atomic E-state index is 11.9. The summed E-state index contributed by atoms with van der Waals surface area (Å²) in [6.07, 6.45) is 3.82. The fourth-order valence-corrected chi connectivity index (χ4v) is 1.57. The Balaban J connectivity index is 2.56. The molecule has 0 radical (unpaired) electrons. The zero-order chi connectivity index (χ0) is 14.3. The minimum absolute atomic E-state index is 0.0460. The number of carbonyl (C=O) groups is 1. The molecule has 1 heterocycles. The van der Waals surface area contributed by atoms with Crippen LogP contribution < -0.4 is 10.1 Å². The molecule has 0 aliphatic heterocycles. The van der Waals surface area contributed by atoms with Crippen LogP contribution in [0.4, 0.5) is 0 Å². The van der Waals surface area contributed by atoms with Crippen LogP contribution in [0.2, 0.25) is 0 Å². The molecule has 0 aliphatic rings. The monoisotopic (exact) mass is 266 g/mol. The SMILES string of the molecule is CC(CCO)CNC(=O)c1cncc(OC(C)C)c1. The van der Waals surface area contributed by atoms with Crippen molar-refractivity contribution >= 4 is 5.91 Å². The summed E-state index contributed by atoms with van der Waals surface area (Å²) in [5.41, 5.74) is 0.481. The molecule has 1 rings (SSSR count). The average molecular weight is 266 g/mol. The van der Waals surface area contributed by atoms with E-state index >= 15 is 0 Å². The molecular formula is C14H22N2O3. The van der Waals surface area contributed by atoms with Gasteiger partial charge >= 0.3 is 0 Å². The molecule has 1 unspecified atom stereocenters. The maximum Gasteiger partial charge on any atom is 0.252 e. The molecule has 106 valence electrons. The van der Waals surface area contributed by atoms with E-state index < -0.39 is 0 Å². The number of hydrogen-bond donors (Lipinski definition) is 2. The van der Waals surface area contributed by atoms with Crippen molar-refractivity contribution in [2.75, 3.05) is 13.2 Å². The molecule has 0 fully saturated rings. The minimum atomic E-state index is -0.175. The fourth-order valence-electron chi connectivity index (χ4n) is 1.57. The predicted octanol–water partition coefficient (Wildman–Crippen LogP) is 1.62. The lowest BCUT2D eigenvalue weighted by molar-refractivity contribution is 0.0944. The Bertz CT molecular complexity index is 407. The molecule has 0 saturated carbocycles. The van der Waals surface area contributed by atoms with Gasteiger partial charge in [0.25, 0.3) is 5.91 Å². The van der Waals surface area contributed by atoms with Crippen molar-refractivity contribution in [3.63, 3.8) is 0 Å². The molecule has 1 amide bonds. The highest BCUT2D eigenvalue weighted by Crippen LogP contribution is 2.13. The van der Waals surface area contributed by atoms with Crippen molar-refractivity contribution in [3.8, 4) is 5.75 Å². The smallest absolute Gasteiger partial charge is 0.252 e. The largest absolute Gasteiger partial charge is 0.489 e. The summed E-state index contributed by atoms with van der Waals surface area (Å²) >= 11 is 0. The van der Waals surface area contributed by atoms with Gasteiger partial charge < -0.3 is 15.2 Å². The second kappa shape index (κ2) is 7.74. The molecular weight excluding hydrogens is 244 g/mol. The Hall–Kier alpha value is -1.62. The molecule has 2 N–H and O–H groups in total. The molecule has 0 aromatic carbocycles. The number of aromatic nitrogens is 1. The topological polar surface area (TPSA) is 71.5 Å². The summed E-state index contributed by atoms with van der Waals surface area (Å²) in [7, 11) is 0. The van der Waals surface area contributed by atoms with Crippen molar-refractivity contribution in [2.45, 2.75) is 33.3 Å². The summed E-state index contributed by atoms with van der Waals surface area (Å²) in [5.74, 6) is 0.662.